The summed E-state index contributed by atoms with van der Waals surface area (Å²) in [6, 6.07) is 5.94. The first-order valence-corrected chi connectivity index (χ1v) is 9.38. The van der Waals surface area contributed by atoms with Gasteiger partial charge >= 0.3 is 0 Å². The van der Waals surface area contributed by atoms with Crippen molar-refractivity contribution in [3.63, 3.8) is 0 Å². The van der Waals surface area contributed by atoms with Gasteiger partial charge in [-0.15, -0.1) is 0 Å². The molecule has 140 valence electrons. The summed E-state index contributed by atoms with van der Waals surface area (Å²) in [6.07, 6.45) is 6.48. The molecule has 3 aromatic rings. The van der Waals surface area contributed by atoms with Gasteiger partial charge in [0.1, 0.15) is 11.9 Å². The van der Waals surface area contributed by atoms with Crippen LogP contribution in [0, 0.1) is 0 Å². The first-order chi connectivity index (χ1) is 13.4. The molecule has 1 atom stereocenters. The molecule has 0 amide bonds. The number of nitrogens with zero attached hydrogens (tertiary/aromatic N) is 5. The minimum absolute atomic E-state index is 0.0462. The van der Waals surface area contributed by atoms with E-state index in [1.165, 1.54) is 0 Å². The monoisotopic (exact) mass is 366 g/mol. The summed E-state index contributed by atoms with van der Waals surface area (Å²) in [4.78, 5) is 11.7. The lowest BCUT2D eigenvalue weighted by atomic mass is 10.1. The van der Waals surface area contributed by atoms with Crippen molar-refractivity contribution in [3.8, 4) is 17.0 Å². The summed E-state index contributed by atoms with van der Waals surface area (Å²) >= 11 is 0. The third-order valence-corrected chi connectivity index (χ3v) is 5.02. The molecule has 0 radical (unpaired) electrons. The standard InChI is InChI=1S/C19H22N6O2/c1-2-15(19(21-5-1)27-14-4-11-26-13-14)16-12-22-25-8-3-17(23-18(16)25)24-9-6-20-7-10-24/h1-3,5,8,12,14,20H,4,6-7,9-11,13H2. The zero-order valence-electron chi connectivity index (χ0n) is 15.0. The number of hydrogen-bond acceptors (Lipinski definition) is 7. The van der Waals surface area contributed by atoms with E-state index >= 15 is 0 Å². The Labute approximate surface area is 157 Å². The average Bonchev–Trinajstić information content (AvgIpc) is 3.38. The Morgan fingerprint density at radius 3 is 2.96 bits per heavy atom. The molecule has 0 aromatic carbocycles. The third kappa shape index (κ3) is 3.22. The second-order valence-corrected chi connectivity index (χ2v) is 6.81. The van der Waals surface area contributed by atoms with Crippen molar-refractivity contribution in [1.29, 1.82) is 0 Å². The van der Waals surface area contributed by atoms with Crippen molar-refractivity contribution in [2.75, 3.05) is 44.3 Å². The van der Waals surface area contributed by atoms with Crippen LogP contribution in [0.5, 0.6) is 5.88 Å². The quantitative estimate of drug-likeness (QED) is 0.747. The van der Waals surface area contributed by atoms with Crippen LogP contribution in [0.15, 0.2) is 36.8 Å². The minimum Gasteiger partial charge on any atom is -0.471 e. The lowest BCUT2D eigenvalue weighted by Gasteiger charge is -2.28. The normalized spacial score (nSPS) is 20.3. The van der Waals surface area contributed by atoms with E-state index in [9.17, 15) is 0 Å². The molecular weight excluding hydrogens is 344 g/mol. The van der Waals surface area contributed by atoms with Crippen molar-refractivity contribution in [1.82, 2.24) is 24.9 Å². The summed E-state index contributed by atoms with van der Waals surface area (Å²) in [5, 5.41) is 7.84. The molecular formula is C19H22N6O2. The molecule has 8 heteroatoms. The Morgan fingerprint density at radius 1 is 1.19 bits per heavy atom. The van der Waals surface area contributed by atoms with Crippen molar-refractivity contribution in [3.05, 3.63) is 36.8 Å². The summed E-state index contributed by atoms with van der Waals surface area (Å²) in [5.41, 5.74) is 2.64. The lowest BCUT2D eigenvalue weighted by molar-refractivity contribution is 0.138. The van der Waals surface area contributed by atoms with E-state index in [1.54, 1.807) is 10.7 Å². The van der Waals surface area contributed by atoms with Crippen molar-refractivity contribution >= 4 is 11.5 Å². The molecule has 2 saturated heterocycles. The van der Waals surface area contributed by atoms with Gasteiger partial charge in [-0.1, -0.05) is 0 Å². The molecule has 0 spiro atoms. The minimum atomic E-state index is 0.0462. The van der Waals surface area contributed by atoms with Gasteiger partial charge in [0.05, 0.1) is 25.0 Å². The fourth-order valence-corrected chi connectivity index (χ4v) is 3.57. The van der Waals surface area contributed by atoms with Crippen LogP contribution in [0.25, 0.3) is 16.8 Å². The van der Waals surface area contributed by atoms with Gasteiger partial charge < -0.3 is 19.7 Å². The zero-order valence-corrected chi connectivity index (χ0v) is 15.0. The first kappa shape index (κ1) is 16.5. The summed E-state index contributed by atoms with van der Waals surface area (Å²) < 4.78 is 13.3. The molecule has 2 aliphatic rings. The van der Waals surface area contributed by atoms with Crippen LogP contribution in [-0.2, 0) is 4.74 Å². The summed E-state index contributed by atoms with van der Waals surface area (Å²) in [5.74, 6) is 1.58. The molecule has 1 unspecified atom stereocenters. The Hall–Kier alpha value is -2.71. The number of nitrogens with one attached hydrogen (secondary N) is 1. The molecule has 5 rings (SSSR count). The fraction of sp³-hybridized carbons (Fsp3) is 0.421. The highest BCUT2D eigenvalue weighted by atomic mass is 16.5. The summed E-state index contributed by atoms with van der Waals surface area (Å²) in [7, 11) is 0. The number of pyridine rings is 1. The number of aromatic nitrogens is 4. The predicted molar refractivity (Wildman–Crippen MR) is 101 cm³/mol. The predicted octanol–water partition coefficient (Wildman–Crippen LogP) is 1.37. The van der Waals surface area contributed by atoms with Gasteiger partial charge in [0.25, 0.3) is 0 Å². The van der Waals surface area contributed by atoms with Gasteiger partial charge in [-0.2, -0.15) is 5.10 Å². The molecule has 8 nitrogen and oxygen atoms in total. The molecule has 27 heavy (non-hydrogen) atoms. The van der Waals surface area contributed by atoms with Gasteiger partial charge in [0.15, 0.2) is 5.65 Å². The van der Waals surface area contributed by atoms with E-state index in [0.29, 0.717) is 12.5 Å². The molecule has 0 bridgehead atoms. The van der Waals surface area contributed by atoms with Crippen molar-refractivity contribution < 1.29 is 9.47 Å². The Balaban J connectivity index is 1.53. The second kappa shape index (κ2) is 7.13. The molecule has 2 aliphatic heterocycles. The van der Waals surface area contributed by atoms with Crippen molar-refractivity contribution in [2.45, 2.75) is 12.5 Å². The highest BCUT2D eigenvalue weighted by Gasteiger charge is 2.22. The highest BCUT2D eigenvalue weighted by Crippen LogP contribution is 2.32. The smallest absolute Gasteiger partial charge is 0.221 e. The van der Waals surface area contributed by atoms with Crippen LogP contribution in [-0.4, -0.2) is 65.1 Å². The first-order valence-electron chi connectivity index (χ1n) is 9.38. The topological polar surface area (TPSA) is 76.8 Å². The van der Waals surface area contributed by atoms with E-state index in [4.69, 9.17) is 14.5 Å². The summed E-state index contributed by atoms with van der Waals surface area (Å²) in [6.45, 7) is 5.20. The molecule has 1 N–H and O–H groups in total. The van der Waals surface area contributed by atoms with E-state index in [2.05, 4.69) is 20.3 Å². The number of ether oxygens (including phenoxy) is 2. The van der Waals surface area contributed by atoms with E-state index < -0.39 is 0 Å². The SMILES string of the molecule is c1cnc(OC2CCOC2)c(-c2cnn3ccc(N4CCNCC4)nc23)c1. The van der Waals surface area contributed by atoms with Gasteiger partial charge in [-0.25, -0.2) is 14.5 Å². The fourth-order valence-electron chi connectivity index (χ4n) is 3.57. The maximum Gasteiger partial charge on any atom is 0.221 e. The second-order valence-electron chi connectivity index (χ2n) is 6.81. The van der Waals surface area contributed by atoms with Crippen LogP contribution in [0.2, 0.25) is 0 Å². The zero-order chi connectivity index (χ0) is 18.1. The molecule has 2 fully saturated rings. The Morgan fingerprint density at radius 2 is 2.11 bits per heavy atom. The van der Waals surface area contributed by atoms with E-state index in [0.717, 1.165) is 61.8 Å². The van der Waals surface area contributed by atoms with Gasteiger partial charge in [-0.05, 0) is 18.2 Å². The number of rotatable bonds is 4. The van der Waals surface area contributed by atoms with E-state index in [1.807, 2.05) is 30.6 Å². The Kier molecular flexibility index (Phi) is 4.35. The lowest BCUT2D eigenvalue weighted by Crippen LogP contribution is -2.43. The number of fused-ring (bicyclic) bond motifs is 1. The van der Waals surface area contributed by atoms with Gasteiger partial charge in [-0.3, -0.25) is 0 Å². The molecule has 0 aliphatic carbocycles. The number of piperazine rings is 1. The molecule has 3 aromatic heterocycles. The van der Waals surface area contributed by atoms with Crippen molar-refractivity contribution in [2.24, 2.45) is 0 Å². The maximum absolute atomic E-state index is 6.11. The average molecular weight is 366 g/mol. The van der Waals surface area contributed by atoms with Crippen LogP contribution in [0.1, 0.15) is 6.42 Å². The maximum atomic E-state index is 6.11. The largest absolute Gasteiger partial charge is 0.471 e. The number of anilines is 1. The molecule has 0 saturated carbocycles. The third-order valence-electron chi connectivity index (χ3n) is 5.02. The highest BCUT2D eigenvalue weighted by molar-refractivity contribution is 5.80. The Bertz CT molecular complexity index is 931. The van der Waals surface area contributed by atoms with Crippen LogP contribution in [0.4, 0.5) is 5.82 Å². The van der Waals surface area contributed by atoms with Crippen LogP contribution >= 0.6 is 0 Å². The van der Waals surface area contributed by atoms with Crippen LogP contribution in [0.3, 0.4) is 0 Å². The van der Waals surface area contributed by atoms with Crippen LogP contribution < -0.4 is 15.0 Å². The van der Waals surface area contributed by atoms with Gasteiger partial charge in [0, 0.05) is 50.6 Å². The number of hydrogen-bond donors (Lipinski definition) is 1. The molecule has 5 heterocycles. The van der Waals surface area contributed by atoms with E-state index in [-0.39, 0.29) is 6.10 Å². The van der Waals surface area contributed by atoms with Gasteiger partial charge in [0.2, 0.25) is 5.88 Å².